The molecule has 0 fully saturated rings. The third-order valence-corrected chi connectivity index (χ3v) is 17.3. The van der Waals surface area contributed by atoms with Crippen LogP contribution in [0.3, 0.4) is 0 Å². The molecule has 2 aliphatic heterocycles. The van der Waals surface area contributed by atoms with E-state index >= 15 is 0 Å². The zero-order valence-corrected chi connectivity index (χ0v) is 48.2. The van der Waals surface area contributed by atoms with Gasteiger partial charge in [0.1, 0.15) is 0 Å². The van der Waals surface area contributed by atoms with E-state index in [1.54, 1.807) is 0 Å². The zero-order chi connectivity index (χ0) is 56.8. The number of para-hydroxylation sites is 4. The summed E-state index contributed by atoms with van der Waals surface area (Å²) in [5.41, 5.74) is 26.1. The Morgan fingerprint density at radius 3 is 1.35 bits per heavy atom. The molecule has 11 aromatic carbocycles. The Morgan fingerprint density at radius 1 is 0.333 bits per heavy atom. The molecule has 0 bridgehead atoms. The van der Waals surface area contributed by atoms with Crippen LogP contribution in [0.2, 0.25) is 0 Å². The Morgan fingerprint density at radius 2 is 0.786 bits per heavy atom. The van der Waals surface area contributed by atoms with E-state index in [4.69, 9.17) is 9.97 Å². The van der Waals surface area contributed by atoms with Gasteiger partial charge in [-0.3, -0.25) is 0 Å². The van der Waals surface area contributed by atoms with Gasteiger partial charge < -0.3 is 14.4 Å². The van der Waals surface area contributed by atoms with Crippen molar-refractivity contribution in [2.75, 3.05) is 9.80 Å². The van der Waals surface area contributed by atoms with Crippen LogP contribution in [-0.2, 0) is 10.8 Å². The van der Waals surface area contributed by atoms with Crippen LogP contribution >= 0.6 is 0 Å². The first kappa shape index (κ1) is 50.9. The first-order valence-corrected chi connectivity index (χ1v) is 29.3. The number of hydrogen-bond donors (Lipinski definition) is 0. The predicted molar refractivity (Wildman–Crippen MR) is 355 cm³/mol. The molecule has 4 heterocycles. The summed E-state index contributed by atoms with van der Waals surface area (Å²) < 4.78 is 2.50. The van der Waals surface area contributed by atoms with Crippen LogP contribution in [0.25, 0.3) is 83.6 Å². The first-order valence-electron chi connectivity index (χ1n) is 29.3. The normalized spacial score (nSPS) is 12.8. The monoisotopic (exact) mass is 1080 g/mol. The van der Waals surface area contributed by atoms with E-state index in [0.717, 1.165) is 61.8 Å². The van der Waals surface area contributed by atoms with E-state index in [9.17, 15) is 0 Å². The van der Waals surface area contributed by atoms with Crippen molar-refractivity contribution in [1.82, 2.24) is 14.5 Å². The highest BCUT2D eigenvalue weighted by atomic mass is 15.2. The molecular weight excluding hydrogens is 1020 g/mol. The van der Waals surface area contributed by atoms with E-state index in [2.05, 4.69) is 317 Å². The predicted octanol–water partition coefficient (Wildman–Crippen LogP) is 18.6. The molecule has 15 rings (SSSR count). The number of fused-ring (bicyclic) bond motifs is 7. The summed E-state index contributed by atoms with van der Waals surface area (Å²) in [5, 5.41) is 2.50. The number of nitrogens with zero attached hydrogens (tertiary/aromatic N) is 5. The van der Waals surface area contributed by atoms with Gasteiger partial charge in [-0.2, -0.15) is 0 Å². The Bertz CT molecular complexity index is 4530. The van der Waals surface area contributed by atoms with Crippen LogP contribution in [0, 0.1) is 0 Å². The average molecular weight is 1080 g/mol. The molecule has 0 aliphatic carbocycles. The molecule has 0 N–H and O–H groups in total. The molecule has 402 valence electrons. The molecule has 0 amide bonds. The van der Waals surface area contributed by atoms with Gasteiger partial charge in [-0.15, -0.1) is 0 Å². The number of aromatic nitrogens is 3. The third-order valence-electron chi connectivity index (χ3n) is 17.3. The summed E-state index contributed by atoms with van der Waals surface area (Å²) in [4.78, 5) is 15.5. The Hall–Kier alpha value is -10.0. The van der Waals surface area contributed by atoms with E-state index < -0.39 is 0 Å². The third kappa shape index (κ3) is 8.54. The lowest BCUT2D eigenvalue weighted by atomic mass is 9.33. The van der Waals surface area contributed by atoms with Gasteiger partial charge in [0, 0.05) is 67.0 Å². The molecule has 0 unspecified atom stereocenters. The van der Waals surface area contributed by atoms with Crippen LogP contribution in [0.15, 0.2) is 267 Å². The van der Waals surface area contributed by atoms with Crippen LogP contribution in [-0.4, -0.2) is 21.2 Å². The molecule has 13 aromatic rings. The molecule has 2 aromatic heterocycles. The van der Waals surface area contributed by atoms with Crippen molar-refractivity contribution in [1.29, 1.82) is 0 Å². The number of anilines is 6. The van der Waals surface area contributed by atoms with Gasteiger partial charge in [0.05, 0.1) is 33.8 Å². The van der Waals surface area contributed by atoms with E-state index in [1.165, 1.54) is 77.6 Å². The minimum atomic E-state index is -0.0295. The molecule has 6 heteroatoms. The van der Waals surface area contributed by atoms with E-state index in [-0.39, 0.29) is 17.5 Å². The minimum absolute atomic E-state index is 0.00336. The topological polar surface area (TPSA) is 37.2 Å². The fourth-order valence-electron chi connectivity index (χ4n) is 13.1. The Kier molecular flexibility index (Phi) is 12.0. The van der Waals surface area contributed by atoms with Crippen LogP contribution in [0.1, 0.15) is 52.7 Å². The first-order chi connectivity index (χ1) is 40.9. The fourth-order valence-corrected chi connectivity index (χ4v) is 13.1. The molecule has 5 nitrogen and oxygen atoms in total. The van der Waals surface area contributed by atoms with Gasteiger partial charge in [0.25, 0.3) is 6.71 Å². The molecular formula is C78H62BN5. The largest absolute Gasteiger partial charge is 0.311 e. The van der Waals surface area contributed by atoms with Gasteiger partial charge in [0.15, 0.2) is 5.82 Å². The lowest BCUT2D eigenvalue weighted by Gasteiger charge is -2.45. The van der Waals surface area contributed by atoms with Crippen molar-refractivity contribution in [3.63, 3.8) is 0 Å². The quantitative estimate of drug-likeness (QED) is 0.142. The van der Waals surface area contributed by atoms with Crippen molar-refractivity contribution in [3.8, 4) is 61.8 Å². The lowest BCUT2D eigenvalue weighted by Crippen LogP contribution is -2.61. The Balaban J connectivity index is 0.965. The van der Waals surface area contributed by atoms with Crippen LogP contribution in [0.4, 0.5) is 34.1 Å². The molecule has 2 aliphatic rings. The molecule has 0 saturated carbocycles. The van der Waals surface area contributed by atoms with Gasteiger partial charge in [-0.05, 0) is 134 Å². The molecule has 0 spiro atoms. The molecule has 0 atom stereocenters. The molecule has 0 radical (unpaired) electrons. The SMILES string of the molecule is CC(C)(C)c1ccc2c(c1)c1cc(C(C)(C)C)ccc1n2-c1ccc(-c2cc(-c3ccccc3)nc(-c3ccccc3)n2)cc1-c1ccc(-c2ccc3c4c2N(c2ccccc2)c2ccccc2B4c2ccccc2N3c2ccccc2)cc1. The Labute approximate surface area is 492 Å². The average Bonchev–Trinajstić information content (AvgIpc) is 1.34. The highest BCUT2D eigenvalue weighted by Crippen LogP contribution is 2.49. The van der Waals surface area contributed by atoms with E-state index in [0.29, 0.717) is 5.82 Å². The summed E-state index contributed by atoms with van der Waals surface area (Å²) >= 11 is 0. The van der Waals surface area contributed by atoms with Crippen molar-refractivity contribution >= 4 is 79.0 Å². The summed E-state index contributed by atoms with van der Waals surface area (Å²) in [5.74, 6) is 0.687. The van der Waals surface area contributed by atoms with Crippen molar-refractivity contribution in [2.24, 2.45) is 0 Å². The highest BCUT2D eigenvalue weighted by Gasteiger charge is 2.44. The standard InChI is InChI=1S/C78H62BN5/c1-77(2,3)56-40-44-69-62(48-56)63-49-57(78(4,5)6)41-45-70(63)84(69)68-43-39-55(67-50-66(53-23-11-7-12-24-53)80-76(81-67)54-25-13-8-14-26-54)47-61(68)52-37-35-51(36-38-52)60-42-46-73-74-75(60)83(59-29-17-10-18-30-59)72-34-22-20-32-65(72)79(74)64-31-19-21-33-71(64)82(73)58-27-15-9-16-28-58/h7-50H,1-6H3. The summed E-state index contributed by atoms with van der Waals surface area (Å²) in [7, 11) is 0. The fraction of sp³-hybridized carbons (Fsp3) is 0.103. The van der Waals surface area contributed by atoms with Crippen LogP contribution in [0.5, 0.6) is 0 Å². The zero-order valence-electron chi connectivity index (χ0n) is 48.2. The second kappa shape index (κ2) is 19.9. The maximum Gasteiger partial charge on any atom is 0.252 e. The number of hydrogen-bond acceptors (Lipinski definition) is 4. The van der Waals surface area contributed by atoms with Crippen molar-refractivity contribution < 1.29 is 0 Å². The summed E-state index contributed by atoms with van der Waals surface area (Å²) in [6, 6.07) is 97.9. The van der Waals surface area contributed by atoms with Crippen molar-refractivity contribution in [3.05, 3.63) is 278 Å². The lowest BCUT2D eigenvalue weighted by molar-refractivity contribution is 0.590. The maximum absolute atomic E-state index is 5.37. The van der Waals surface area contributed by atoms with Crippen LogP contribution < -0.4 is 26.2 Å². The smallest absolute Gasteiger partial charge is 0.252 e. The van der Waals surface area contributed by atoms with Gasteiger partial charge >= 0.3 is 0 Å². The second-order valence-corrected chi connectivity index (χ2v) is 24.6. The van der Waals surface area contributed by atoms with E-state index in [1.807, 2.05) is 6.07 Å². The summed E-state index contributed by atoms with van der Waals surface area (Å²) in [6.45, 7) is 13.8. The summed E-state index contributed by atoms with van der Waals surface area (Å²) in [6.07, 6.45) is 0. The van der Waals surface area contributed by atoms with Crippen molar-refractivity contribution in [2.45, 2.75) is 52.4 Å². The van der Waals surface area contributed by atoms with Gasteiger partial charge in [0.2, 0.25) is 0 Å². The number of rotatable bonds is 8. The molecule has 84 heavy (non-hydrogen) atoms. The highest BCUT2D eigenvalue weighted by molar-refractivity contribution is 7.00. The molecule has 0 saturated heterocycles. The second-order valence-electron chi connectivity index (χ2n) is 24.6. The minimum Gasteiger partial charge on any atom is -0.311 e. The number of benzene rings is 11. The maximum atomic E-state index is 5.37. The van der Waals surface area contributed by atoms with Gasteiger partial charge in [-0.1, -0.05) is 224 Å². The van der Waals surface area contributed by atoms with Gasteiger partial charge in [-0.25, -0.2) is 9.97 Å².